The number of thiazole rings is 1. The van der Waals surface area contributed by atoms with Gasteiger partial charge >= 0.3 is 5.97 Å². The van der Waals surface area contributed by atoms with Crippen LogP contribution in [0.5, 0.6) is 11.5 Å². The van der Waals surface area contributed by atoms with Gasteiger partial charge in [-0.05, 0) is 31.2 Å². The van der Waals surface area contributed by atoms with Gasteiger partial charge in [0.1, 0.15) is 22.5 Å². The van der Waals surface area contributed by atoms with E-state index in [4.69, 9.17) is 0 Å². The fourth-order valence-corrected chi connectivity index (χ4v) is 4.46. The first kappa shape index (κ1) is 16.8. The molecule has 8 heteroatoms. The first-order valence-electron chi connectivity index (χ1n) is 8.08. The van der Waals surface area contributed by atoms with Gasteiger partial charge in [0.2, 0.25) is 0 Å². The first-order chi connectivity index (χ1) is 12.5. The van der Waals surface area contributed by atoms with Crippen LogP contribution >= 0.6 is 11.3 Å². The summed E-state index contributed by atoms with van der Waals surface area (Å²) >= 11 is 1.44. The number of fused-ring (bicyclic) bond motifs is 1. The molecule has 0 amide bonds. The Hall–Kier alpha value is -2.68. The minimum atomic E-state index is -1.00. The van der Waals surface area contributed by atoms with Crippen molar-refractivity contribution >= 4 is 27.5 Å². The van der Waals surface area contributed by atoms with E-state index in [0.29, 0.717) is 16.1 Å². The number of aromatic hydroxyl groups is 2. The molecule has 0 radical (unpaired) electrons. The summed E-state index contributed by atoms with van der Waals surface area (Å²) < 4.78 is 0.975. The van der Waals surface area contributed by atoms with Gasteiger partial charge < -0.3 is 15.3 Å². The van der Waals surface area contributed by atoms with Gasteiger partial charge in [-0.25, -0.2) is 15.8 Å². The van der Waals surface area contributed by atoms with Gasteiger partial charge in [0.15, 0.2) is 0 Å². The van der Waals surface area contributed by atoms with Crippen molar-refractivity contribution in [2.45, 2.75) is 24.9 Å². The molecule has 1 saturated heterocycles. The number of carbonyl (C=O) groups is 1. The van der Waals surface area contributed by atoms with Crippen LogP contribution in [0.15, 0.2) is 36.4 Å². The molecule has 1 aliphatic rings. The molecule has 0 aliphatic carbocycles. The first-order valence-corrected chi connectivity index (χ1v) is 8.89. The number of hydrogen-bond acceptors (Lipinski definition) is 7. The molecule has 3 atom stereocenters. The SMILES string of the molecule is Cc1c(O)ccc(C2NNC(C(=O)O)C2c2nc3ccccc3s2)c1O. The third-order valence-electron chi connectivity index (χ3n) is 4.74. The number of carboxylic acids is 1. The maximum atomic E-state index is 11.8. The van der Waals surface area contributed by atoms with E-state index in [2.05, 4.69) is 15.8 Å². The Morgan fingerprint density at radius 1 is 1.15 bits per heavy atom. The highest BCUT2D eigenvalue weighted by Gasteiger charge is 2.44. The zero-order valence-electron chi connectivity index (χ0n) is 13.8. The lowest BCUT2D eigenvalue weighted by molar-refractivity contribution is -0.139. The fraction of sp³-hybridized carbons (Fsp3) is 0.222. The lowest BCUT2D eigenvalue weighted by atomic mass is 9.88. The molecule has 0 spiro atoms. The summed E-state index contributed by atoms with van der Waals surface area (Å²) in [4.78, 5) is 16.4. The molecule has 134 valence electrons. The largest absolute Gasteiger partial charge is 0.508 e. The van der Waals surface area contributed by atoms with E-state index in [1.807, 2.05) is 24.3 Å². The van der Waals surface area contributed by atoms with Crippen molar-refractivity contribution < 1.29 is 20.1 Å². The maximum absolute atomic E-state index is 11.8. The number of nitrogens with zero attached hydrogens (tertiary/aromatic N) is 1. The van der Waals surface area contributed by atoms with Crippen LogP contribution in [0.3, 0.4) is 0 Å². The van der Waals surface area contributed by atoms with E-state index in [-0.39, 0.29) is 11.5 Å². The Balaban J connectivity index is 1.84. The lowest BCUT2D eigenvalue weighted by Crippen LogP contribution is -2.37. The molecule has 1 fully saturated rings. The summed E-state index contributed by atoms with van der Waals surface area (Å²) in [6.45, 7) is 1.61. The van der Waals surface area contributed by atoms with E-state index >= 15 is 0 Å². The number of aromatic nitrogens is 1. The molecule has 5 N–H and O–H groups in total. The Morgan fingerprint density at radius 3 is 2.65 bits per heavy atom. The fourth-order valence-electron chi connectivity index (χ4n) is 3.32. The summed E-state index contributed by atoms with van der Waals surface area (Å²) in [6.07, 6.45) is 0. The van der Waals surface area contributed by atoms with Crippen molar-refractivity contribution in [1.29, 1.82) is 0 Å². The van der Waals surface area contributed by atoms with E-state index in [0.717, 1.165) is 10.2 Å². The Labute approximate surface area is 152 Å². The number of phenols is 2. The number of hydrogen-bond donors (Lipinski definition) is 5. The molecule has 3 aromatic rings. The highest BCUT2D eigenvalue weighted by molar-refractivity contribution is 7.18. The highest BCUT2D eigenvalue weighted by Crippen LogP contribution is 2.44. The zero-order valence-corrected chi connectivity index (χ0v) is 14.6. The van der Waals surface area contributed by atoms with Crippen LogP contribution in [0.4, 0.5) is 0 Å². The van der Waals surface area contributed by atoms with E-state index < -0.39 is 24.0 Å². The van der Waals surface area contributed by atoms with Gasteiger partial charge in [0.05, 0.1) is 22.2 Å². The number of aliphatic carboxylic acids is 1. The number of carboxylic acid groups (broad SMARTS) is 1. The topological polar surface area (TPSA) is 115 Å². The second-order valence-electron chi connectivity index (χ2n) is 6.28. The van der Waals surface area contributed by atoms with Crippen LogP contribution in [-0.4, -0.2) is 32.3 Å². The van der Waals surface area contributed by atoms with Crippen LogP contribution in [0.2, 0.25) is 0 Å². The Kier molecular flexibility index (Phi) is 4.03. The molecular weight excluding hydrogens is 354 g/mol. The molecule has 0 bridgehead atoms. The van der Waals surface area contributed by atoms with Crippen molar-refractivity contribution in [2.24, 2.45) is 0 Å². The highest BCUT2D eigenvalue weighted by atomic mass is 32.1. The predicted molar refractivity (Wildman–Crippen MR) is 97.3 cm³/mol. The van der Waals surface area contributed by atoms with Crippen LogP contribution in [0.25, 0.3) is 10.2 Å². The van der Waals surface area contributed by atoms with Crippen molar-refractivity contribution in [1.82, 2.24) is 15.8 Å². The molecule has 2 aromatic carbocycles. The van der Waals surface area contributed by atoms with Crippen LogP contribution < -0.4 is 10.9 Å². The number of phenolic OH excluding ortho intramolecular Hbond substituents is 2. The van der Waals surface area contributed by atoms with Gasteiger partial charge in [-0.1, -0.05) is 12.1 Å². The zero-order chi connectivity index (χ0) is 18.4. The van der Waals surface area contributed by atoms with Gasteiger partial charge in [-0.15, -0.1) is 11.3 Å². The summed E-state index contributed by atoms with van der Waals surface area (Å²) in [5, 5.41) is 30.6. The standard InChI is InChI=1S/C18H17N3O4S/c1-8-11(22)7-6-9(16(8)23)14-13(15(18(24)25)21-20-14)17-19-10-4-2-3-5-12(10)26-17/h2-7,13-15,20-23H,1H3,(H,24,25). The van der Waals surface area contributed by atoms with Crippen LogP contribution in [0, 0.1) is 6.92 Å². The van der Waals surface area contributed by atoms with Crippen molar-refractivity contribution in [3.8, 4) is 11.5 Å². The molecule has 7 nitrogen and oxygen atoms in total. The molecule has 4 rings (SSSR count). The maximum Gasteiger partial charge on any atom is 0.322 e. The number of benzene rings is 2. The van der Waals surface area contributed by atoms with Gasteiger partial charge in [0.25, 0.3) is 0 Å². The van der Waals surface area contributed by atoms with Gasteiger partial charge in [-0.2, -0.15) is 0 Å². The minimum absolute atomic E-state index is 0.0106. The van der Waals surface area contributed by atoms with Gasteiger partial charge in [0, 0.05) is 11.1 Å². The summed E-state index contributed by atoms with van der Waals surface area (Å²) in [5.74, 6) is -1.58. The molecule has 1 aromatic heterocycles. The van der Waals surface area contributed by atoms with Crippen molar-refractivity contribution in [3.63, 3.8) is 0 Å². The molecule has 2 heterocycles. The average molecular weight is 371 g/mol. The molecule has 3 unspecified atom stereocenters. The van der Waals surface area contributed by atoms with E-state index in [1.54, 1.807) is 13.0 Å². The molecule has 26 heavy (non-hydrogen) atoms. The molecular formula is C18H17N3O4S. The number of para-hydroxylation sites is 1. The van der Waals surface area contributed by atoms with E-state index in [9.17, 15) is 20.1 Å². The normalized spacial score (nSPS) is 22.7. The number of hydrazine groups is 1. The second-order valence-corrected chi connectivity index (χ2v) is 7.34. The Morgan fingerprint density at radius 2 is 1.92 bits per heavy atom. The molecule has 0 saturated carbocycles. The molecule has 1 aliphatic heterocycles. The second kappa shape index (κ2) is 6.24. The summed E-state index contributed by atoms with van der Waals surface area (Å²) in [6, 6.07) is 9.33. The van der Waals surface area contributed by atoms with E-state index in [1.165, 1.54) is 17.4 Å². The number of nitrogens with one attached hydrogen (secondary N) is 2. The average Bonchev–Trinajstić information content (AvgIpc) is 3.23. The smallest absolute Gasteiger partial charge is 0.322 e. The third-order valence-corrected chi connectivity index (χ3v) is 5.88. The Bertz CT molecular complexity index is 970. The quantitative estimate of drug-likeness (QED) is 0.480. The monoisotopic (exact) mass is 371 g/mol. The van der Waals surface area contributed by atoms with Crippen LogP contribution in [-0.2, 0) is 4.79 Å². The number of rotatable bonds is 3. The van der Waals surface area contributed by atoms with Crippen molar-refractivity contribution in [2.75, 3.05) is 0 Å². The lowest BCUT2D eigenvalue weighted by Gasteiger charge is -2.21. The summed E-state index contributed by atoms with van der Waals surface area (Å²) in [5.41, 5.74) is 7.46. The van der Waals surface area contributed by atoms with Crippen LogP contribution in [0.1, 0.15) is 28.1 Å². The minimum Gasteiger partial charge on any atom is -0.508 e. The van der Waals surface area contributed by atoms with Crippen molar-refractivity contribution in [3.05, 3.63) is 52.5 Å². The summed E-state index contributed by atoms with van der Waals surface area (Å²) in [7, 11) is 0. The van der Waals surface area contributed by atoms with Gasteiger partial charge in [-0.3, -0.25) is 4.79 Å². The predicted octanol–water partition coefficient (Wildman–Crippen LogP) is 2.40. The third kappa shape index (κ3) is 2.59.